The second kappa shape index (κ2) is 12.9. The van der Waals surface area contributed by atoms with Gasteiger partial charge in [-0.2, -0.15) is 4.98 Å². The first-order valence-corrected chi connectivity index (χ1v) is 13.3. The van der Waals surface area contributed by atoms with Crippen molar-refractivity contribution in [3.63, 3.8) is 0 Å². The first kappa shape index (κ1) is 28.3. The first-order valence-electron chi connectivity index (χ1n) is 12.9. The van der Waals surface area contributed by atoms with Gasteiger partial charge in [0.15, 0.2) is 11.8 Å². The second-order valence-corrected chi connectivity index (χ2v) is 10.1. The number of aromatic amines is 1. The summed E-state index contributed by atoms with van der Waals surface area (Å²) in [5.41, 5.74) is 19.9. The molecule has 39 heavy (non-hydrogen) atoms. The van der Waals surface area contributed by atoms with Gasteiger partial charge in [0.1, 0.15) is 5.65 Å². The molecule has 0 saturated carbocycles. The lowest BCUT2D eigenvalue weighted by molar-refractivity contribution is 0.618. The highest BCUT2D eigenvalue weighted by molar-refractivity contribution is 6.31. The molecule has 0 aliphatic heterocycles. The Hall–Kier alpha value is -3.73. The summed E-state index contributed by atoms with van der Waals surface area (Å²) in [5.74, 6) is -0.434. The highest BCUT2D eigenvalue weighted by Gasteiger charge is 2.15. The molecule has 4 aromatic rings. The van der Waals surface area contributed by atoms with Gasteiger partial charge >= 0.3 is 5.69 Å². The average molecular weight is 553 g/mol. The zero-order valence-electron chi connectivity index (χ0n) is 21.9. The quantitative estimate of drug-likeness (QED) is 0.103. The monoisotopic (exact) mass is 552 g/mol. The van der Waals surface area contributed by atoms with Gasteiger partial charge in [0, 0.05) is 36.3 Å². The van der Waals surface area contributed by atoms with Crippen LogP contribution in [0.4, 0.5) is 4.39 Å². The standard InChI is InChI=1S/C28H34ClFN8O/c1-17(31)5-2-6-18-12-22(25(30)23(29)13-18)24-14-20-16-38(28(39)37-26(20)36-24)21-8-3-7-19(11-21)15-34-9-4-10-35-27(32)33/h3,7-8,11-14,16-17,34H,2,4-6,9-10,15,31H2,1H3,(H4,32,33,35)(H,36,37,39)/t17-/m0/s1. The molecule has 0 fully saturated rings. The van der Waals surface area contributed by atoms with Crippen molar-refractivity contribution in [2.75, 3.05) is 13.1 Å². The Kier molecular flexibility index (Phi) is 9.34. The van der Waals surface area contributed by atoms with Crippen LogP contribution in [0.5, 0.6) is 0 Å². The smallest absolute Gasteiger partial charge is 0.354 e. The molecule has 11 heteroatoms. The molecule has 2 heterocycles. The van der Waals surface area contributed by atoms with Gasteiger partial charge in [-0.3, -0.25) is 9.56 Å². The van der Waals surface area contributed by atoms with Crippen molar-refractivity contribution in [1.82, 2.24) is 19.9 Å². The van der Waals surface area contributed by atoms with Crippen molar-refractivity contribution in [1.29, 1.82) is 0 Å². The van der Waals surface area contributed by atoms with Crippen molar-refractivity contribution in [3.8, 4) is 16.9 Å². The van der Waals surface area contributed by atoms with Crippen molar-refractivity contribution < 1.29 is 4.39 Å². The minimum atomic E-state index is -0.520. The van der Waals surface area contributed by atoms with E-state index in [1.807, 2.05) is 31.2 Å². The SMILES string of the molecule is C[C@H](N)CCCc1cc(Cl)c(F)c(-c2cc3cn(-c4cccc(CNCCCN=C(N)N)c4)c(=O)nc3[nH]2)c1. The van der Waals surface area contributed by atoms with Crippen LogP contribution in [-0.2, 0) is 13.0 Å². The van der Waals surface area contributed by atoms with Gasteiger partial charge in [-0.25, -0.2) is 9.18 Å². The molecule has 0 spiro atoms. The number of H-pyrrole nitrogens is 1. The fourth-order valence-electron chi connectivity index (χ4n) is 4.40. The Balaban J connectivity index is 1.55. The van der Waals surface area contributed by atoms with E-state index in [2.05, 4.69) is 20.3 Å². The van der Waals surface area contributed by atoms with Crippen molar-refractivity contribution in [2.24, 2.45) is 22.2 Å². The number of hydrogen-bond acceptors (Lipinski definition) is 5. The lowest BCUT2D eigenvalue weighted by Gasteiger charge is -2.09. The molecule has 9 nitrogen and oxygen atoms in total. The molecule has 0 amide bonds. The molecular formula is C28H34ClFN8O. The fraction of sp³-hybridized carbons (Fsp3) is 0.321. The molecule has 0 unspecified atom stereocenters. The average Bonchev–Trinajstić information content (AvgIpc) is 3.30. The van der Waals surface area contributed by atoms with Gasteiger partial charge in [-0.1, -0.05) is 23.7 Å². The van der Waals surface area contributed by atoms with E-state index in [1.54, 1.807) is 24.4 Å². The number of nitrogens with two attached hydrogens (primary N) is 3. The van der Waals surface area contributed by atoms with Crippen molar-refractivity contribution in [2.45, 2.75) is 45.2 Å². The predicted octanol–water partition coefficient (Wildman–Crippen LogP) is 3.60. The molecule has 0 bridgehead atoms. The Morgan fingerprint density at radius 1 is 1.21 bits per heavy atom. The highest BCUT2D eigenvalue weighted by Crippen LogP contribution is 2.31. The molecule has 4 rings (SSSR count). The Labute approximate surface area is 231 Å². The number of aliphatic imine (C=N–C) groups is 1. The summed E-state index contributed by atoms with van der Waals surface area (Å²) < 4.78 is 16.5. The lowest BCUT2D eigenvalue weighted by Crippen LogP contribution is -2.23. The molecule has 8 N–H and O–H groups in total. The second-order valence-electron chi connectivity index (χ2n) is 9.70. The van der Waals surface area contributed by atoms with Crippen LogP contribution in [0.2, 0.25) is 5.02 Å². The summed E-state index contributed by atoms with van der Waals surface area (Å²) in [6.45, 7) is 3.88. The van der Waals surface area contributed by atoms with Crippen LogP contribution >= 0.6 is 11.6 Å². The van der Waals surface area contributed by atoms with E-state index in [9.17, 15) is 4.79 Å². The van der Waals surface area contributed by atoms with Crippen LogP contribution in [-0.4, -0.2) is 39.6 Å². The van der Waals surface area contributed by atoms with Gasteiger partial charge in [0.25, 0.3) is 0 Å². The number of aromatic nitrogens is 3. The van der Waals surface area contributed by atoms with E-state index in [0.717, 1.165) is 43.4 Å². The summed E-state index contributed by atoms with van der Waals surface area (Å²) in [5, 5.41) is 4.06. The number of nitrogens with one attached hydrogen (secondary N) is 2. The molecule has 0 radical (unpaired) electrons. The highest BCUT2D eigenvalue weighted by atomic mass is 35.5. The lowest BCUT2D eigenvalue weighted by atomic mass is 10.0. The number of nitrogens with zero attached hydrogens (tertiary/aromatic N) is 3. The summed E-state index contributed by atoms with van der Waals surface area (Å²) in [7, 11) is 0. The van der Waals surface area contributed by atoms with Gasteiger partial charge in [-0.05, 0) is 80.6 Å². The number of hydrogen-bond donors (Lipinski definition) is 5. The van der Waals surface area contributed by atoms with Crippen LogP contribution in [0.3, 0.4) is 0 Å². The van der Waals surface area contributed by atoms with E-state index in [1.165, 1.54) is 4.57 Å². The van der Waals surface area contributed by atoms with E-state index in [-0.39, 0.29) is 17.0 Å². The normalized spacial score (nSPS) is 12.1. The molecule has 2 aromatic carbocycles. The largest absolute Gasteiger partial charge is 0.370 e. The van der Waals surface area contributed by atoms with Gasteiger partial charge < -0.3 is 27.5 Å². The molecular weight excluding hydrogens is 519 g/mol. The number of aryl methyl sites for hydroxylation is 1. The zero-order valence-corrected chi connectivity index (χ0v) is 22.6. The van der Waals surface area contributed by atoms with Crippen molar-refractivity contribution >= 4 is 28.6 Å². The molecule has 2 aromatic heterocycles. The van der Waals surface area contributed by atoms with Crippen LogP contribution in [0.25, 0.3) is 28.0 Å². The van der Waals surface area contributed by atoms with Crippen LogP contribution in [0.15, 0.2) is 58.4 Å². The van der Waals surface area contributed by atoms with E-state index in [0.29, 0.717) is 41.1 Å². The predicted molar refractivity (Wildman–Crippen MR) is 156 cm³/mol. The van der Waals surface area contributed by atoms with E-state index in [4.69, 9.17) is 28.8 Å². The Bertz CT molecular complexity index is 1520. The molecule has 1 atom stereocenters. The maximum atomic E-state index is 15.0. The number of rotatable bonds is 12. The van der Waals surface area contributed by atoms with E-state index >= 15 is 4.39 Å². The van der Waals surface area contributed by atoms with Crippen LogP contribution in [0, 0.1) is 5.82 Å². The summed E-state index contributed by atoms with van der Waals surface area (Å²) in [6, 6.07) is 13.0. The summed E-state index contributed by atoms with van der Waals surface area (Å²) in [6.07, 6.45) is 4.98. The maximum Gasteiger partial charge on any atom is 0.354 e. The third kappa shape index (κ3) is 7.44. The zero-order chi connectivity index (χ0) is 27.9. The molecule has 206 valence electrons. The Morgan fingerprint density at radius 3 is 2.79 bits per heavy atom. The topological polar surface area (TPSA) is 153 Å². The van der Waals surface area contributed by atoms with Gasteiger partial charge in [0.2, 0.25) is 0 Å². The first-order chi connectivity index (χ1) is 18.7. The third-order valence-corrected chi connectivity index (χ3v) is 6.61. The van der Waals surface area contributed by atoms with Crippen molar-refractivity contribution in [3.05, 3.63) is 81.1 Å². The molecule has 0 saturated heterocycles. The fourth-order valence-corrected chi connectivity index (χ4v) is 4.64. The minimum absolute atomic E-state index is 0.0520. The Morgan fingerprint density at radius 2 is 2.03 bits per heavy atom. The molecule has 0 aliphatic carbocycles. The van der Waals surface area contributed by atoms with Crippen LogP contribution in [0.1, 0.15) is 37.3 Å². The maximum absolute atomic E-state index is 15.0. The minimum Gasteiger partial charge on any atom is -0.370 e. The number of benzene rings is 2. The number of halogens is 2. The summed E-state index contributed by atoms with van der Waals surface area (Å²) >= 11 is 6.22. The van der Waals surface area contributed by atoms with E-state index < -0.39 is 11.5 Å². The number of fused-ring (bicyclic) bond motifs is 1. The third-order valence-electron chi connectivity index (χ3n) is 6.34. The number of guanidine groups is 1. The van der Waals surface area contributed by atoms with Crippen LogP contribution < -0.4 is 28.2 Å². The van der Waals surface area contributed by atoms with Gasteiger partial charge in [-0.15, -0.1) is 0 Å². The molecule has 0 aliphatic rings. The van der Waals surface area contributed by atoms with Gasteiger partial charge in [0.05, 0.1) is 16.4 Å². The summed E-state index contributed by atoms with van der Waals surface area (Å²) in [4.78, 5) is 24.2.